The first-order valence-electron chi connectivity index (χ1n) is 11.0. The number of phenolic OH excluding ortho intramolecular Hbond substituents is 2. The van der Waals surface area contributed by atoms with Gasteiger partial charge in [0.15, 0.2) is 5.78 Å². The molecule has 3 rings (SSSR count). The molecule has 0 saturated carbocycles. The van der Waals surface area contributed by atoms with E-state index in [2.05, 4.69) is 5.10 Å². The molecule has 2 N–H and O–H groups in total. The Bertz CT molecular complexity index is 1240. The number of rotatable bonds is 8. The quantitative estimate of drug-likeness (QED) is 0.376. The van der Waals surface area contributed by atoms with Gasteiger partial charge in [0.25, 0.3) is 0 Å². The highest BCUT2D eigenvalue weighted by Gasteiger charge is 2.11. The molecule has 0 bridgehead atoms. The fourth-order valence-corrected chi connectivity index (χ4v) is 3.31. The fraction of sp³-hybridized carbons (Fsp3) is 0.259. The molecular weight excluding hydrogens is 446 g/mol. The van der Waals surface area contributed by atoms with E-state index < -0.39 is 0 Å². The highest BCUT2D eigenvalue weighted by Crippen LogP contribution is 2.29. The molecule has 0 unspecified atom stereocenters. The SMILES string of the molecule is CC(=O)Cc1ccc(O)c(-c2ccnn2C)c1.CC(=O)Cc1ccc(O)c(C(=O)/C=C/N(C)C)c1. The first-order chi connectivity index (χ1) is 16.5. The summed E-state index contributed by atoms with van der Waals surface area (Å²) in [6.45, 7) is 3.04. The third-order valence-electron chi connectivity index (χ3n) is 4.91. The molecule has 0 saturated heterocycles. The molecule has 184 valence electrons. The van der Waals surface area contributed by atoms with Gasteiger partial charge in [-0.25, -0.2) is 0 Å². The second-order valence-corrected chi connectivity index (χ2v) is 8.44. The van der Waals surface area contributed by atoms with Gasteiger partial charge < -0.3 is 15.1 Å². The number of hydrogen-bond donors (Lipinski definition) is 2. The van der Waals surface area contributed by atoms with Crippen LogP contribution < -0.4 is 0 Å². The van der Waals surface area contributed by atoms with Crippen LogP contribution in [0.3, 0.4) is 0 Å². The summed E-state index contributed by atoms with van der Waals surface area (Å²) < 4.78 is 1.69. The third-order valence-corrected chi connectivity index (χ3v) is 4.91. The zero-order valence-electron chi connectivity index (χ0n) is 20.6. The average Bonchev–Trinajstić information content (AvgIpc) is 3.20. The van der Waals surface area contributed by atoms with Gasteiger partial charge in [-0.05, 0) is 55.3 Å². The number of carbonyl (C=O) groups excluding carboxylic acids is 3. The van der Waals surface area contributed by atoms with Crippen LogP contribution >= 0.6 is 0 Å². The van der Waals surface area contributed by atoms with E-state index in [1.807, 2.05) is 19.2 Å². The van der Waals surface area contributed by atoms with Gasteiger partial charge in [-0.1, -0.05) is 12.1 Å². The summed E-state index contributed by atoms with van der Waals surface area (Å²) in [5, 5.41) is 23.6. The van der Waals surface area contributed by atoms with Gasteiger partial charge in [0.1, 0.15) is 23.1 Å². The third kappa shape index (κ3) is 8.26. The molecule has 8 heteroatoms. The Labute approximate surface area is 205 Å². The molecule has 0 aliphatic carbocycles. The summed E-state index contributed by atoms with van der Waals surface area (Å²) in [5.74, 6) is -0.0437. The van der Waals surface area contributed by atoms with Crippen LogP contribution in [0.4, 0.5) is 0 Å². The van der Waals surface area contributed by atoms with Crippen LogP contribution in [0.5, 0.6) is 11.5 Å². The lowest BCUT2D eigenvalue weighted by Gasteiger charge is -2.07. The van der Waals surface area contributed by atoms with Crippen molar-refractivity contribution in [2.75, 3.05) is 14.1 Å². The normalized spacial score (nSPS) is 10.5. The minimum Gasteiger partial charge on any atom is -0.507 e. The maximum atomic E-state index is 11.8. The molecule has 0 radical (unpaired) electrons. The summed E-state index contributed by atoms with van der Waals surface area (Å²) in [4.78, 5) is 35.7. The van der Waals surface area contributed by atoms with Crippen molar-refractivity contribution in [1.82, 2.24) is 14.7 Å². The highest BCUT2D eigenvalue weighted by molar-refractivity contribution is 6.06. The number of benzene rings is 2. The van der Waals surface area contributed by atoms with Crippen LogP contribution in [0.2, 0.25) is 0 Å². The van der Waals surface area contributed by atoms with Gasteiger partial charge in [-0.3, -0.25) is 19.1 Å². The molecular formula is C27H31N3O5. The predicted molar refractivity (Wildman–Crippen MR) is 134 cm³/mol. The number of ketones is 3. The predicted octanol–water partition coefficient (Wildman–Crippen LogP) is 3.71. The van der Waals surface area contributed by atoms with Crippen molar-refractivity contribution in [1.29, 1.82) is 0 Å². The number of aryl methyl sites for hydroxylation is 1. The van der Waals surface area contributed by atoms with E-state index >= 15 is 0 Å². The number of hydrogen-bond acceptors (Lipinski definition) is 7. The number of carbonyl (C=O) groups is 3. The smallest absolute Gasteiger partial charge is 0.191 e. The molecule has 1 aromatic heterocycles. The number of allylic oxidation sites excluding steroid dienone is 1. The van der Waals surface area contributed by atoms with E-state index in [0.29, 0.717) is 12.0 Å². The van der Waals surface area contributed by atoms with E-state index in [0.717, 1.165) is 16.8 Å². The molecule has 0 aliphatic rings. The molecule has 0 aliphatic heterocycles. The Kier molecular flexibility index (Phi) is 9.52. The number of Topliss-reactive ketones (excluding diaryl/α,β-unsaturated/α-hetero) is 2. The van der Waals surface area contributed by atoms with E-state index in [1.54, 1.807) is 67.3 Å². The maximum absolute atomic E-state index is 11.8. The number of aromatic nitrogens is 2. The molecule has 3 aromatic rings. The van der Waals surface area contributed by atoms with Crippen LogP contribution in [-0.2, 0) is 29.5 Å². The maximum Gasteiger partial charge on any atom is 0.191 e. The summed E-state index contributed by atoms with van der Waals surface area (Å²) in [6, 6.07) is 11.7. The molecule has 1 heterocycles. The van der Waals surface area contributed by atoms with E-state index in [9.17, 15) is 24.6 Å². The van der Waals surface area contributed by atoms with Gasteiger partial charge >= 0.3 is 0 Å². The van der Waals surface area contributed by atoms with Gasteiger partial charge in [-0.2, -0.15) is 5.10 Å². The van der Waals surface area contributed by atoms with Gasteiger partial charge in [0.2, 0.25) is 0 Å². The molecule has 0 fully saturated rings. The summed E-state index contributed by atoms with van der Waals surface area (Å²) >= 11 is 0. The van der Waals surface area contributed by atoms with E-state index in [1.165, 1.54) is 19.1 Å². The van der Waals surface area contributed by atoms with Gasteiger partial charge in [-0.15, -0.1) is 0 Å². The van der Waals surface area contributed by atoms with Crippen molar-refractivity contribution < 1.29 is 24.6 Å². The van der Waals surface area contributed by atoms with Crippen molar-refractivity contribution in [3.8, 4) is 22.8 Å². The van der Waals surface area contributed by atoms with Crippen molar-refractivity contribution in [2.45, 2.75) is 26.7 Å². The average molecular weight is 478 g/mol. The Morgan fingerprint density at radius 2 is 1.49 bits per heavy atom. The standard InChI is InChI=1S/C14H17NO3.C13H14N2O2/c1-10(16)8-11-4-5-13(17)12(9-11)14(18)6-7-15(2)3;1-9(16)7-10-3-4-13(17)11(8-10)12-5-6-14-15(12)2/h4-7,9,17H,8H2,1-3H3;3-6,8,17H,7H2,1-2H3/b7-6+;. The van der Waals surface area contributed by atoms with Crippen LogP contribution in [0.1, 0.15) is 35.3 Å². The number of phenols is 2. The zero-order chi connectivity index (χ0) is 26.1. The summed E-state index contributed by atoms with van der Waals surface area (Å²) in [6.07, 6.45) is 5.31. The van der Waals surface area contributed by atoms with Crippen molar-refractivity contribution >= 4 is 17.3 Å². The summed E-state index contributed by atoms with van der Waals surface area (Å²) in [5.41, 5.74) is 3.36. The first kappa shape index (κ1) is 27.0. The Hall–Kier alpha value is -4.20. The minimum absolute atomic E-state index is 0.0166. The topological polar surface area (TPSA) is 113 Å². The minimum atomic E-state index is -0.286. The largest absolute Gasteiger partial charge is 0.507 e. The zero-order valence-corrected chi connectivity index (χ0v) is 20.6. The number of nitrogens with zero attached hydrogens (tertiary/aromatic N) is 3. The summed E-state index contributed by atoms with van der Waals surface area (Å²) in [7, 11) is 5.41. The molecule has 0 atom stereocenters. The van der Waals surface area contributed by atoms with Crippen LogP contribution in [0.25, 0.3) is 11.3 Å². The molecule has 8 nitrogen and oxygen atoms in total. The molecule has 0 spiro atoms. The van der Waals surface area contributed by atoms with Crippen molar-refractivity contribution in [3.05, 3.63) is 77.6 Å². The molecule has 35 heavy (non-hydrogen) atoms. The van der Waals surface area contributed by atoms with Crippen molar-refractivity contribution in [3.63, 3.8) is 0 Å². The highest BCUT2D eigenvalue weighted by atomic mass is 16.3. The lowest BCUT2D eigenvalue weighted by Crippen LogP contribution is -2.04. The van der Waals surface area contributed by atoms with Crippen LogP contribution in [-0.4, -0.2) is 56.3 Å². The first-order valence-corrected chi connectivity index (χ1v) is 11.0. The van der Waals surface area contributed by atoms with E-state index in [4.69, 9.17) is 0 Å². The van der Waals surface area contributed by atoms with Crippen molar-refractivity contribution in [2.24, 2.45) is 7.05 Å². The Morgan fingerprint density at radius 1 is 0.914 bits per heavy atom. The second-order valence-electron chi connectivity index (χ2n) is 8.44. The number of aromatic hydroxyl groups is 2. The van der Waals surface area contributed by atoms with Gasteiger partial charge in [0, 0.05) is 58.0 Å². The lowest BCUT2D eigenvalue weighted by atomic mass is 10.0. The van der Waals surface area contributed by atoms with E-state index in [-0.39, 0.29) is 40.8 Å². The molecule has 2 aromatic carbocycles. The Balaban J connectivity index is 0.000000247. The molecule has 0 amide bonds. The Morgan fingerprint density at radius 3 is 2.00 bits per heavy atom. The van der Waals surface area contributed by atoms with Crippen LogP contribution in [0, 0.1) is 0 Å². The van der Waals surface area contributed by atoms with Crippen LogP contribution in [0.15, 0.2) is 60.9 Å². The fourth-order valence-electron chi connectivity index (χ4n) is 3.31. The van der Waals surface area contributed by atoms with Gasteiger partial charge in [0.05, 0.1) is 11.3 Å². The second kappa shape index (κ2) is 12.3. The monoisotopic (exact) mass is 477 g/mol. The lowest BCUT2D eigenvalue weighted by molar-refractivity contribution is -0.117.